The first kappa shape index (κ1) is 17.2. The SMILES string of the molecule is O=C1NC(=O)c2cc(-c3cccc(Cl)c3)ccc2C1=Cc1ccc(F)cc1. The van der Waals surface area contributed by atoms with Crippen molar-refractivity contribution in [2.24, 2.45) is 0 Å². The molecule has 0 radical (unpaired) electrons. The number of carbonyl (C=O) groups excluding carboxylic acids is 2. The number of fused-ring (bicyclic) bond motifs is 1. The molecule has 27 heavy (non-hydrogen) atoms. The fourth-order valence-electron chi connectivity index (χ4n) is 3.04. The quantitative estimate of drug-likeness (QED) is 0.507. The normalized spacial score (nSPS) is 14.8. The van der Waals surface area contributed by atoms with Gasteiger partial charge in [0.05, 0.1) is 0 Å². The third-order valence-electron chi connectivity index (χ3n) is 4.37. The molecule has 0 aromatic heterocycles. The largest absolute Gasteiger partial charge is 0.288 e. The lowest BCUT2D eigenvalue weighted by molar-refractivity contribution is -0.114. The van der Waals surface area contributed by atoms with Gasteiger partial charge in [-0.3, -0.25) is 14.9 Å². The number of imide groups is 1. The molecule has 0 saturated heterocycles. The molecule has 0 atom stereocenters. The molecule has 4 rings (SSSR count). The van der Waals surface area contributed by atoms with E-state index in [2.05, 4.69) is 5.32 Å². The van der Waals surface area contributed by atoms with E-state index in [4.69, 9.17) is 11.6 Å². The highest BCUT2D eigenvalue weighted by Crippen LogP contribution is 2.31. The molecule has 1 N–H and O–H groups in total. The summed E-state index contributed by atoms with van der Waals surface area (Å²) in [6.07, 6.45) is 1.64. The monoisotopic (exact) mass is 377 g/mol. The Labute approximate surface area is 160 Å². The fraction of sp³-hybridized carbons (Fsp3) is 0. The zero-order valence-corrected chi connectivity index (χ0v) is 14.8. The van der Waals surface area contributed by atoms with Crippen LogP contribution in [0.15, 0.2) is 66.7 Å². The van der Waals surface area contributed by atoms with Crippen molar-refractivity contribution in [1.82, 2.24) is 5.32 Å². The second kappa shape index (κ2) is 6.82. The maximum absolute atomic E-state index is 13.1. The Kier molecular flexibility index (Phi) is 4.34. The summed E-state index contributed by atoms with van der Waals surface area (Å²) in [6.45, 7) is 0. The van der Waals surface area contributed by atoms with E-state index in [9.17, 15) is 14.0 Å². The molecule has 1 aliphatic rings. The van der Waals surface area contributed by atoms with Crippen molar-refractivity contribution in [3.05, 3.63) is 94.3 Å². The highest BCUT2D eigenvalue weighted by molar-refractivity contribution is 6.34. The summed E-state index contributed by atoms with van der Waals surface area (Å²) in [4.78, 5) is 24.7. The van der Waals surface area contributed by atoms with E-state index >= 15 is 0 Å². The molecule has 132 valence electrons. The van der Waals surface area contributed by atoms with Gasteiger partial charge in [-0.05, 0) is 58.7 Å². The van der Waals surface area contributed by atoms with Gasteiger partial charge in [0, 0.05) is 16.2 Å². The number of carbonyl (C=O) groups is 2. The zero-order chi connectivity index (χ0) is 19.0. The standard InChI is InChI=1S/C22H13ClFNO2/c23-16-3-1-2-14(11-16)15-6-9-18-19(10-13-4-7-17(24)8-5-13)21(26)25-22(27)20(18)12-15/h1-12H,(H,25,26,27). The predicted octanol–water partition coefficient (Wildman–Crippen LogP) is 4.96. The van der Waals surface area contributed by atoms with Crippen molar-refractivity contribution in [2.45, 2.75) is 0 Å². The molecule has 3 nitrogen and oxygen atoms in total. The van der Waals surface area contributed by atoms with E-state index < -0.39 is 11.8 Å². The average Bonchev–Trinajstić information content (AvgIpc) is 2.66. The van der Waals surface area contributed by atoms with Crippen molar-refractivity contribution >= 4 is 35.1 Å². The Morgan fingerprint density at radius 3 is 2.30 bits per heavy atom. The molecule has 0 unspecified atom stereocenters. The Bertz CT molecular complexity index is 1100. The first-order valence-electron chi connectivity index (χ1n) is 8.24. The predicted molar refractivity (Wildman–Crippen MR) is 104 cm³/mol. The van der Waals surface area contributed by atoms with Gasteiger partial charge < -0.3 is 0 Å². The third kappa shape index (κ3) is 3.39. The van der Waals surface area contributed by atoms with Crippen LogP contribution in [0.4, 0.5) is 4.39 Å². The van der Waals surface area contributed by atoms with Crippen LogP contribution in [0.1, 0.15) is 21.5 Å². The number of amides is 2. The van der Waals surface area contributed by atoms with Crippen LogP contribution in [0.3, 0.4) is 0 Å². The van der Waals surface area contributed by atoms with Gasteiger partial charge in [0.2, 0.25) is 0 Å². The summed E-state index contributed by atoms with van der Waals surface area (Å²) in [5.41, 5.74) is 3.66. The van der Waals surface area contributed by atoms with Crippen molar-refractivity contribution in [1.29, 1.82) is 0 Å². The fourth-order valence-corrected chi connectivity index (χ4v) is 3.23. The van der Waals surface area contributed by atoms with Crippen LogP contribution in [-0.4, -0.2) is 11.8 Å². The third-order valence-corrected chi connectivity index (χ3v) is 4.60. The van der Waals surface area contributed by atoms with E-state index in [1.54, 1.807) is 36.4 Å². The first-order chi connectivity index (χ1) is 13.0. The molecule has 0 fully saturated rings. The Morgan fingerprint density at radius 1 is 0.815 bits per heavy atom. The van der Waals surface area contributed by atoms with Crippen LogP contribution in [0.5, 0.6) is 0 Å². The van der Waals surface area contributed by atoms with E-state index in [0.717, 1.165) is 11.1 Å². The van der Waals surface area contributed by atoms with Gasteiger partial charge in [-0.15, -0.1) is 0 Å². The first-order valence-corrected chi connectivity index (χ1v) is 8.62. The summed E-state index contributed by atoms with van der Waals surface area (Å²) in [6, 6.07) is 18.4. The second-order valence-corrected chi connectivity index (χ2v) is 6.60. The minimum absolute atomic E-state index is 0.355. The van der Waals surface area contributed by atoms with Crippen LogP contribution in [0.2, 0.25) is 5.02 Å². The maximum atomic E-state index is 13.1. The van der Waals surface area contributed by atoms with Gasteiger partial charge >= 0.3 is 0 Å². The smallest absolute Gasteiger partial charge is 0.258 e. The topological polar surface area (TPSA) is 46.2 Å². The van der Waals surface area contributed by atoms with Crippen molar-refractivity contribution < 1.29 is 14.0 Å². The number of rotatable bonds is 2. The number of hydrogen-bond acceptors (Lipinski definition) is 2. The zero-order valence-electron chi connectivity index (χ0n) is 14.0. The number of halogens is 2. The highest BCUT2D eigenvalue weighted by Gasteiger charge is 2.27. The number of hydrogen-bond donors (Lipinski definition) is 1. The summed E-state index contributed by atoms with van der Waals surface area (Å²) in [7, 11) is 0. The molecule has 1 aliphatic heterocycles. The summed E-state index contributed by atoms with van der Waals surface area (Å²) in [5, 5.41) is 2.96. The molecule has 0 spiro atoms. The number of nitrogens with one attached hydrogen (secondary N) is 1. The molecule has 3 aromatic rings. The summed E-state index contributed by atoms with van der Waals surface area (Å²) in [5.74, 6) is -1.28. The van der Waals surface area contributed by atoms with Crippen LogP contribution in [0.25, 0.3) is 22.8 Å². The molecule has 1 heterocycles. The lowest BCUT2D eigenvalue weighted by atomic mass is 9.90. The second-order valence-electron chi connectivity index (χ2n) is 6.16. The van der Waals surface area contributed by atoms with E-state index in [-0.39, 0.29) is 5.82 Å². The van der Waals surface area contributed by atoms with Crippen LogP contribution < -0.4 is 5.32 Å². The van der Waals surface area contributed by atoms with E-state index in [0.29, 0.717) is 27.3 Å². The Hall–Kier alpha value is -3.24. The van der Waals surface area contributed by atoms with E-state index in [1.807, 2.05) is 24.3 Å². The molecule has 0 saturated carbocycles. The minimum Gasteiger partial charge on any atom is -0.288 e. The van der Waals surface area contributed by atoms with Crippen molar-refractivity contribution in [3.63, 3.8) is 0 Å². The molecule has 5 heteroatoms. The van der Waals surface area contributed by atoms with Crippen LogP contribution in [0, 0.1) is 5.82 Å². The lowest BCUT2D eigenvalue weighted by Crippen LogP contribution is -2.36. The van der Waals surface area contributed by atoms with Crippen LogP contribution in [-0.2, 0) is 4.79 Å². The molecular weight excluding hydrogens is 365 g/mol. The molecule has 2 amide bonds. The van der Waals surface area contributed by atoms with Gasteiger partial charge in [0.25, 0.3) is 11.8 Å². The molecule has 0 bridgehead atoms. The van der Waals surface area contributed by atoms with Gasteiger partial charge in [-0.2, -0.15) is 0 Å². The van der Waals surface area contributed by atoms with Crippen molar-refractivity contribution in [2.75, 3.05) is 0 Å². The minimum atomic E-state index is -0.479. The molecular formula is C22H13ClFNO2. The highest BCUT2D eigenvalue weighted by atomic mass is 35.5. The summed E-state index contributed by atoms with van der Waals surface area (Å²) >= 11 is 6.05. The number of benzene rings is 3. The van der Waals surface area contributed by atoms with Gasteiger partial charge in [-0.1, -0.05) is 48.0 Å². The lowest BCUT2D eigenvalue weighted by Gasteiger charge is -2.19. The van der Waals surface area contributed by atoms with E-state index in [1.165, 1.54) is 12.1 Å². The van der Waals surface area contributed by atoms with Gasteiger partial charge in [-0.25, -0.2) is 4.39 Å². The van der Waals surface area contributed by atoms with Gasteiger partial charge in [0.15, 0.2) is 0 Å². The summed E-state index contributed by atoms with van der Waals surface area (Å²) < 4.78 is 13.1. The van der Waals surface area contributed by atoms with Gasteiger partial charge in [0.1, 0.15) is 5.82 Å². The molecule has 0 aliphatic carbocycles. The Balaban J connectivity index is 1.82. The maximum Gasteiger partial charge on any atom is 0.258 e. The van der Waals surface area contributed by atoms with Crippen LogP contribution >= 0.6 is 11.6 Å². The molecule has 3 aromatic carbocycles. The van der Waals surface area contributed by atoms with Crippen molar-refractivity contribution in [3.8, 4) is 11.1 Å². The average molecular weight is 378 g/mol. The Morgan fingerprint density at radius 2 is 1.56 bits per heavy atom.